The molecule has 3 rings (SSSR count). The Kier molecular flexibility index (Phi) is 3.29. The van der Waals surface area contributed by atoms with Gasteiger partial charge in [-0.1, -0.05) is 0 Å². The number of nitrogens with one attached hydrogen (secondary N) is 1. The Balaban J connectivity index is 1.72. The lowest BCUT2D eigenvalue weighted by molar-refractivity contribution is -0.131. The van der Waals surface area contributed by atoms with Crippen molar-refractivity contribution in [3.63, 3.8) is 0 Å². The summed E-state index contributed by atoms with van der Waals surface area (Å²) in [5.74, 6) is 0.119. The molecule has 0 aromatic carbocycles. The highest BCUT2D eigenvalue weighted by Crippen LogP contribution is 2.31. The van der Waals surface area contributed by atoms with Crippen LogP contribution >= 0.6 is 11.3 Å². The molecule has 0 spiro atoms. The highest BCUT2D eigenvalue weighted by Gasteiger charge is 2.31. The van der Waals surface area contributed by atoms with Crippen molar-refractivity contribution in [1.82, 2.24) is 25.3 Å². The van der Waals surface area contributed by atoms with Gasteiger partial charge in [0.25, 0.3) is 0 Å². The Morgan fingerprint density at radius 2 is 2.47 bits per heavy atom. The lowest BCUT2D eigenvalue weighted by Gasteiger charge is -2.23. The minimum Gasteiger partial charge on any atom is -0.334 e. The van der Waals surface area contributed by atoms with Gasteiger partial charge in [0.05, 0.1) is 18.2 Å². The number of rotatable bonds is 3. The summed E-state index contributed by atoms with van der Waals surface area (Å²) in [6, 6.07) is 2.06. The Morgan fingerprint density at radius 1 is 1.58 bits per heavy atom. The second kappa shape index (κ2) is 5.08. The Hall–Kier alpha value is -1.76. The monoisotopic (exact) mass is 277 g/mol. The SMILES string of the molecule is Cc1nnc(CC(=O)N2CCC[C@H]2c2ccn[nH]2)s1. The van der Waals surface area contributed by atoms with Gasteiger partial charge in [0.1, 0.15) is 10.0 Å². The minimum absolute atomic E-state index is 0.119. The molecule has 0 bridgehead atoms. The molecule has 0 aliphatic carbocycles. The van der Waals surface area contributed by atoms with Gasteiger partial charge in [-0.3, -0.25) is 9.89 Å². The summed E-state index contributed by atoms with van der Waals surface area (Å²) >= 11 is 1.48. The van der Waals surface area contributed by atoms with Crippen LogP contribution in [0.5, 0.6) is 0 Å². The fraction of sp³-hybridized carbons (Fsp3) is 0.500. The van der Waals surface area contributed by atoms with Crippen molar-refractivity contribution < 1.29 is 4.79 Å². The van der Waals surface area contributed by atoms with Crippen LogP contribution in [-0.4, -0.2) is 37.7 Å². The number of hydrogen-bond donors (Lipinski definition) is 1. The molecule has 1 fully saturated rings. The molecule has 6 nitrogen and oxygen atoms in total. The van der Waals surface area contributed by atoms with E-state index in [9.17, 15) is 4.79 Å². The number of carbonyl (C=O) groups is 1. The zero-order chi connectivity index (χ0) is 13.2. The quantitative estimate of drug-likeness (QED) is 0.922. The maximum absolute atomic E-state index is 12.4. The van der Waals surface area contributed by atoms with Crippen molar-refractivity contribution in [3.8, 4) is 0 Å². The molecule has 1 saturated heterocycles. The minimum atomic E-state index is 0.119. The molecule has 7 heteroatoms. The van der Waals surface area contributed by atoms with Crippen LogP contribution in [0.4, 0.5) is 0 Å². The Labute approximate surface area is 114 Å². The summed E-state index contributed by atoms with van der Waals surface area (Å²) in [5.41, 5.74) is 1.01. The van der Waals surface area contributed by atoms with E-state index in [2.05, 4.69) is 20.4 Å². The normalized spacial score (nSPS) is 19.0. The maximum Gasteiger partial charge on any atom is 0.230 e. The second-order valence-corrected chi connectivity index (χ2v) is 5.91. The topological polar surface area (TPSA) is 74.8 Å². The van der Waals surface area contributed by atoms with Crippen molar-refractivity contribution in [2.24, 2.45) is 0 Å². The number of aromatic amines is 1. The van der Waals surface area contributed by atoms with E-state index in [0.29, 0.717) is 6.42 Å². The van der Waals surface area contributed by atoms with Gasteiger partial charge in [0, 0.05) is 12.7 Å². The number of carbonyl (C=O) groups excluding carboxylic acids is 1. The summed E-state index contributed by atoms with van der Waals surface area (Å²) in [5, 5.41) is 16.6. The van der Waals surface area contributed by atoms with E-state index in [0.717, 1.165) is 35.1 Å². The van der Waals surface area contributed by atoms with Gasteiger partial charge in [0.2, 0.25) is 5.91 Å². The standard InChI is InChI=1S/C12H15N5OS/c1-8-14-16-11(19-8)7-12(18)17-6-2-3-10(17)9-4-5-13-15-9/h4-5,10H,2-3,6-7H2,1H3,(H,13,15)/t10-/m0/s1. The number of hydrogen-bond acceptors (Lipinski definition) is 5. The molecule has 100 valence electrons. The Bertz CT molecular complexity index is 564. The summed E-state index contributed by atoms with van der Waals surface area (Å²) in [6.45, 7) is 2.70. The molecule has 1 amide bonds. The molecule has 0 unspecified atom stereocenters. The molecule has 1 N–H and O–H groups in total. The highest BCUT2D eigenvalue weighted by molar-refractivity contribution is 7.11. The van der Waals surface area contributed by atoms with Crippen LogP contribution in [0, 0.1) is 6.92 Å². The van der Waals surface area contributed by atoms with Gasteiger partial charge in [-0.25, -0.2) is 0 Å². The second-order valence-electron chi connectivity index (χ2n) is 4.65. The van der Waals surface area contributed by atoms with Gasteiger partial charge < -0.3 is 4.90 Å². The van der Waals surface area contributed by atoms with Crippen molar-refractivity contribution in [2.45, 2.75) is 32.2 Å². The van der Waals surface area contributed by atoms with E-state index in [1.54, 1.807) is 6.20 Å². The average Bonchev–Trinajstić information content (AvgIpc) is 3.07. The van der Waals surface area contributed by atoms with E-state index in [4.69, 9.17) is 0 Å². The number of aryl methyl sites for hydroxylation is 1. The molecule has 19 heavy (non-hydrogen) atoms. The van der Waals surface area contributed by atoms with Gasteiger partial charge in [-0.2, -0.15) is 5.10 Å². The number of likely N-dealkylation sites (tertiary alicyclic amines) is 1. The van der Waals surface area contributed by atoms with Crippen LogP contribution in [0.1, 0.15) is 34.6 Å². The summed E-state index contributed by atoms with van der Waals surface area (Å²) in [6.07, 6.45) is 4.09. The molecule has 1 aliphatic heterocycles. The van der Waals surface area contributed by atoms with E-state index in [1.807, 2.05) is 17.9 Å². The van der Waals surface area contributed by atoms with Gasteiger partial charge in [-0.05, 0) is 25.8 Å². The zero-order valence-electron chi connectivity index (χ0n) is 10.7. The van der Waals surface area contributed by atoms with Gasteiger partial charge >= 0.3 is 0 Å². The van der Waals surface area contributed by atoms with Crippen LogP contribution in [-0.2, 0) is 11.2 Å². The highest BCUT2D eigenvalue weighted by atomic mass is 32.1. The molecule has 1 aliphatic rings. The molecule has 3 heterocycles. The third-order valence-corrected chi connectivity index (χ3v) is 4.16. The fourth-order valence-corrected chi connectivity index (χ4v) is 3.18. The van der Waals surface area contributed by atoms with Gasteiger partial charge in [-0.15, -0.1) is 21.5 Å². The molecule has 2 aromatic rings. The fourth-order valence-electron chi connectivity index (χ4n) is 2.48. The largest absolute Gasteiger partial charge is 0.334 e. The third kappa shape index (κ3) is 2.51. The van der Waals surface area contributed by atoms with Crippen LogP contribution in [0.3, 0.4) is 0 Å². The predicted molar refractivity (Wildman–Crippen MR) is 70.6 cm³/mol. The lowest BCUT2D eigenvalue weighted by atomic mass is 10.1. The first kappa shape index (κ1) is 12.3. The average molecular weight is 277 g/mol. The Morgan fingerprint density at radius 3 is 3.16 bits per heavy atom. The van der Waals surface area contributed by atoms with E-state index < -0.39 is 0 Å². The number of nitrogens with zero attached hydrogens (tertiary/aromatic N) is 4. The molecule has 2 aromatic heterocycles. The van der Waals surface area contributed by atoms with Crippen molar-refractivity contribution in [2.75, 3.05) is 6.54 Å². The van der Waals surface area contributed by atoms with Crippen LogP contribution < -0.4 is 0 Å². The predicted octanol–water partition coefficient (Wildman–Crippen LogP) is 1.48. The van der Waals surface area contributed by atoms with Crippen LogP contribution in [0.15, 0.2) is 12.3 Å². The first-order chi connectivity index (χ1) is 9.24. The van der Waals surface area contributed by atoms with Crippen molar-refractivity contribution >= 4 is 17.2 Å². The molecule has 1 atom stereocenters. The lowest BCUT2D eigenvalue weighted by Crippen LogP contribution is -2.32. The molecular formula is C12H15N5OS. The number of amides is 1. The zero-order valence-corrected chi connectivity index (χ0v) is 11.5. The van der Waals surface area contributed by atoms with Gasteiger partial charge in [0.15, 0.2) is 0 Å². The maximum atomic E-state index is 12.4. The van der Waals surface area contributed by atoms with Crippen molar-refractivity contribution in [3.05, 3.63) is 28.0 Å². The van der Waals surface area contributed by atoms with E-state index in [-0.39, 0.29) is 11.9 Å². The van der Waals surface area contributed by atoms with Crippen LogP contribution in [0.2, 0.25) is 0 Å². The molecule has 0 radical (unpaired) electrons. The number of aromatic nitrogens is 4. The number of H-pyrrole nitrogens is 1. The van der Waals surface area contributed by atoms with Crippen LogP contribution in [0.25, 0.3) is 0 Å². The molecule has 0 saturated carbocycles. The van der Waals surface area contributed by atoms with E-state index in [1.165, 1.54) is 11.3 Å². The smallest absolute Gasteiger partial charge is 0.230 e. The first-order valence-electron chi connectivity index (χ1n) is 6.32. The molecular weight excluding hydrogens is 262 g/mol. The first-order valence-corrected chi connectivity index (χ1v) is 7.13. The summed E-state index contributed by atoms with van der Waals surface area (Å²) in [7, 11) is 0. The van der Waals surface area contributed by atoms with E-state index >= 15 is 0 Å². The summed E-state index contributed by atoms with van der Waals surface area (Å²) in [4.78, 5) is 14.3. The third-order valence-electron chi connectivity index (χ3n) is 3.32. The summed E-state index contributed by atoms with van der Waals surface area (Å²) < 4.78 is 0. The van der Waals surface area contributed by atoms with Crippen molar-refractivity contribution in [1.29, 1.82) is 0 Å².